The molecule has 1 aliphatic carbocycles. The van der Waals surface area contributed by atoms with Gasteiger partial charge in [-0.1, -0.05) is 55.1 Å². The first-order valence-electron chi connectivity index (χ1n) is 13.2. The number of amides is 2. The Labute approximate surface area is 241 Å². The van der Waals surface area contributed by atoms with Gasteiger partial charge in [0.1, 0.15) is 11.8 Å². The largest absolute Gasteiger partial charge is 0.497 e. The van der Waals surface area contributed by atoms with Crippen LogP contribution in [0.1, 0.15) is 57.4 Å². The molecule has 0 aliphatic heterocycles. The van der Waals surface area contributed by atoms with E-state index in [1.165, 1.54) is 12.1 Å². The van der Waals surface area contributed by atoms with Crippen molar-refractivity contribution in [2.24, 2.45) is 0 Å². The molecule has 1 atom stereocenters. The molecule has 1 unspecified atom stereocenters. The summed E-state index contributed by atoms with van der Waals surface area (Å²) in [5, 5.41) is 3.72. The third-order valence-corrected chi connectivity index (χ3v) is 8.64. The van der Waals surface area contributed by atoms with Crippen LogP contribution in [0.15, 0.2) is 42.5 Å². The molecule has 2 amide bonds. The number of carbonyl (C=O) groups is 2. The van der Waals surface area contributed by atoms with Crippen molar-refractivity contribution < 1.29 is 22.7 Å². The van der Waals surface area contributed by atoms with Crippen LogP contribution in [0.2, 0.25) is 10.0 Å². The molecule has 2 aromatic rings. The Morgan fingerprint density at radius 2 is 1.85 bits per heavy atom. The molecule has 8 nitrogen and oxygen atoms in total. The Morgan fingerprint density at radius 1 is 1.13 bits per heavy atom. The van der Waals surface area contributed by atoms with E-state index in [0.29, 0.717) is 17.2 Å². The zero-order chi connectivity index (χ0) is 28.6. The fraction of sp³-hybridized carbons (Fsp3) is 0.500. The van der Waals surface area contributed by atoms with Gasteiger partial charge in [-0.05, 0) is 61.6 Å². The SMILES string of the molecule is CCC(C(=O)NC1CCCC1)N(Cc1cccc(OC)c1)C(=O)CCCN(c1cc(Cl)ccc1Cl)S(C)(=O)=O. The van der Waals surface area contributed by atoms with Crippen molar-refractivity contribution in [3.05, 3.63) is 58.1 Å². The van der Waals surface area contributed by atoms with Gasteiger partial charge >= 0.3 is 0 Å². The summed E-state index contributed by atoms with van der Waals surface area (Å²) >= 11 is 12.4. The summed E-state index contributed by atoms with van der Waals surface area (Å²) < 4.78 is 31.7. The molecule has 1 aliphatic rings. The maximum absolute atomic E-state index is 13.6. The first kappa shape index (κ1) is 31.0. The van der Waals surface area contributed by atoms with Crippen LogP contribution in [0.4, 0.5) is 5.69 Å². The summed E-state index contributed by atoms with van der Waals surface area (Å²) in [7, 11) is -2.12. The van der Waals surface area contributed by atoms with Gasteiger partial charge in [0.2, 0.25) is 21.8 Å². The van der Waals surface area contributed by atoms with Crippen molar-refractivity contribution in [3.63, 3.8) is 0 Å². The maximum atomic E-state index is 13.6. The molecule has 11 heteroatoms. The van der Waals surface area contributed by atoms with Crippen LogP contribution in [-0.4, -0.2) is 57.1 Å². The molecular weight excluding hydrogens is 561 g/mol. The molecule has 0 spiro atoms. The smallest absolute Gasteiger partial charge is 0.243 e. The molecule has 3 rings (SSSR count). The van der Waals surface area contributed by atoms with Crippen molar-refractivity contribution in [1.82, 2.24) is 10.2 Å². The molecule has 0 aromatic heterocycles. The number of hydrogen-bond acceptors (Lipinski definition) is 5. The molecule has 0 radical (unpaired) electrons. The van der Waals surface area contributed by atoms with Gasteiger partial charge in [0, 0.05) is 30.6 Å². The van der Waals surface area contributed by atoms with Gasteiger partial charge in [0.05, 0.1) is 24.1 Å². The highest BCUT2D eigenvalue weighted by Gasteiger charge is 2.31. The fourth-order valence-electron chi connectivity index (χ4n) is 4.91. The number of anilines is 1. The van der Waals surface area contributed by atoms with Crippen LogP contribution in [0.25, 0.3) is 0 Å². The van der Waals surface area contributed by atoms with Gasteiger partial charge in [-0.3, -0.25) is 13.9 Å². The number of sulfonamides is 1. The zero-order valence-corrected chi connectivity index (χ0v) is 25.0. The second-order valence-corrected chi connectivity index (χ2v) is 12.6. The summed E-state index contributed by atoms with van der Waals surface area (Å²) in [5.41, 5.74) is 1.09. The van der Waals surface area contributed by atoms with Gasteiger partial charge in [0.25, 0.3) is 0 Å². The fourth-order valence-corrected chi connectivity index (χ4v) is 6.32. The summed E-state index contributed by atoms with van der Waals surface area (Å²) in [6, 6.07) is 11.5. The highest BCUT2D eigenvalue weighted by molar-refractivity contribution is 7.92. The second-order valence-electron chi connectivity index (χ2n) is 9.82. The Hall–Kier alpha value is -2.49. The average molecular weight is 599 g/mol. The van der Waals surface area contributed by atoms with Gasteiger partial charge in [-0.25, -0.2) is 8.42 Å². The van der Waals surface area contributed by atoms with Crippen molar-refractivity contribution in [2.45, 2.75) is 70.5 Å². The quantitative estimate of drug-likeness (QED) is 0.333. The minimum atomic E-state index is -3.69. The Bertz CT molecular complexity index is 1250. The first-order chi connectivity index (χ1) is 18.5. The molecule has 0 heterocycles. The monoisotopic (exact) mass is 597 g/mol. The Morgan fingerprint density at radius 3 is 2.49 bits per heavy atom. The Kier molecular flexibility index (Phi) is 11.3. The number of ether oxygens (including phenoxy) is 1. The lowest BCUT2D eigenvalue weighted by Gasteiger charge is -2.32. The minimum absolute atomic E-state index is 0.0305. The van der Waals surface area contributed by atoms with Crippen LogP contribution in [0.3, 0.4) is 0 Å². The number of halogens is 2. The molecule has 1 saturated carbocycles. The zero-order valence-electron chi connectivity index (χ0n) is 22.7. The molecule has 0 saturated heterocycles. The van der Waals surface area contributed by atoms with E-state index >= 15 is 0 Å². The Balaban J connectivity index is 1.79. The number of methoxy groups -OCH3 is 1. The molecule has 214 valence electrons. The maximum Gasteiger partial charge on any atom is 0.243 e. The number of nitrogens with zero attached hydrogens (tertiary/aromatic N) is 2. The molecular formula is C28H37Cl2N3O5S. The van der Waals surface area contributed by atoms with Gasteiger partial charge < -0.3 is 15.0 Å². The van der Waals surface area contributed by atoms with Crippen LogP contribution >= 0.6 is 23.2 Å². The van der Waals surface area contributed by atoms with E-state index in [4.69, 9.17) is 27.9 Å². The number of carbonyl (C=O) groups excluding carboxylic acids is 2. The van der Waals surface area contributed by atoms with E-state index in [-0.39, 0.29) is 54.5 Å². The third kappa shape index (κ3) is 8.75. The number of rotatable bonds is 13. The first-order valence-corrected chi connectivity index (χ1v) is 15.8. The summed E-state index contributed by atoms with van der Waals surface area (Å²) in [4.78, 5) is 28.5. The topological polar surface area (TPSA) is 96.0 Å². The third-order valence-electron chi connectivity index (χ3n) is 6.90. The lowest BCUT2D eigenvalue weighted by atomic mass is 10.1. The van der Waals surface area contributed by atoms with Crippen molar-refractivity contribution in [3.8, 4) is 5.75 Å². The van der Waals surface area contributed by atoms with E-state index < -0.39 is 16.1 Å². The normalized spacial score (nSPS) is 14.6. The molecule has 1 fully saturated rings. The highest BCUT2D eigenvalue weighted by atomic mass is 35.5. The van der Waals surface area contributed by atoms with Crippen molar-refractivity contribution in [2.75, 3.05) is 24.2 Å². The predicted molar refractivity (Wildman–Crippen MR) is 156 cm³/mol. The van der Waals surface area contributed by atoms with Crippen LogP contribution in [0, 0.1) is 0 Å². The van der Waals surface area contributed by atoms with Gasteiger partial charge in [-0.2, -0.15) is 0 Å². The second kappa shape index (κ2) is 14.2. The molecule has 1 N–H and O–H groups in total. The van der Waals surface area contributed by atoms with Gasteiger partial charge in [0.15, 0.2) is 0 Å². The van der Waals surface area contributed by atoms with Gasteiger partial charge in [-0.15, -0.1) is 0 Å². The molecule has 2 aromatic carbocycles. The van der Waals surface area contributed by atoms with E-state index in [9.17, 15) is 18.0 Å². The lowest BCUT2D eigenvalue weighted by Crippen LogP contribution is -2.51. The standard InChI is InChI=1S/C28H37Cl2N3O5S/c1-4-25(28(35)31-22-10-5-6-11-22)32(19-20-9-7-12-23(17-20)38-2)27(34)13-8-16-33(39(3,36)37)26-18-21(29)14-15-24(26)30/h7,9,12,14-15,17-18,22,25H,4-6,8,10-11,13,16,19H2,1-3H3,(H,31,35). The van der Waals surface area contributed by atoms with E-state index in [1.807, 2.05) is 31.2 Å². The van der Waals surface area contributed by atoms with E-state index in [0.717, 1.165) is 41.8 Å². The van der Waals surface area contributed by atoms with Crippen LogP contribution in [-0.2, 0) is 26.2 Å². The summed E-state index contributed by atoms with van der Waals surface area (Å²) in [6.07, 6.45) is 5.86. The highest BCUT2D eigenvalue weighted by Crippen LogP contribution is 2.31. The number of benzene rings is 2. The average Bonchev–Trinajstić information content (AvgIpc) is 3.40. The van der Waals surface area contributed by atoms with Crippen molar-refractivity contribution in [1.29, 1.82) is 0 Å². The molecule has 39 heavy (non-hydrogen) atoms. The van der Waals surface area contributed by atoms with Crippen LogP contribution < -0.4 is 14.4 Å². The molecule has 0 bridgehead atoms. The summed E-state index contributed by atoms with van der Waals surface area (Å²) in [5.74, 6) is 0.256. The number of nitrogens with one attached hydrogen (secondary N) is 1. The minimum Gasteiger partial charge on any atom is -0.497 e. The van der Waals surface area contributed by atoms with Crippen LogP contribution in [0.5, 0.6) is 5.75 Å². The lowest BCUT2D eigenvalue weighted by molar-refractivity contribution is -0.141. The van der Waals surface area contributed by atoms with Crippen molar-refractivity contribution >= 4 is 50.7 Å². The number of hydrogen-bond donors (Lipinski definition) is 1. The van der Waals surface area contributed by atoms with E-state index in [2.05, 4.69) is 5.32 Å². The predicted octanol–water partition coefficient (Wildman–Crippen LogP) is 5.41. The van der Waals surface area contributed by atoms with E-state index in [1.54, 1.807) is 18.1 Å². The summed E-state index contributed by atoms with van der Waals surface area (Å²) in [6.45, 7) is 2.14.